The molecule has 200 valence electrons. The number of nitrogens with zero attached hydrogens (tertiary/aromatic N) is 2. The van der Waals surface area contributed by atoms with Gasteiger partial charge in [0.1, 0.15) is 6.10 Å². The van der Waals surface area contributed by atoms with Crippen LogP contribution in [0, 0.1) is 6.92 Å². The van der Waals surface area contributed by atoms with E-state index in [1.807, 2.05) is 35.8 Å². The first kappa shape index (κ1) is 26.0. The van der Waals surface area contributed by atoms with Crippen LogP contribution in [-0.4, -0.2) is 29.7 Å². The Hall–Kier alpha value is -3.20. The molecule has 2 atom stereocenters. The van der Waals surface area contributed by atoms with Crippen LogP contribution in [0.15, 0.2) is 97.4 Å². The van der Waals surface area contributed by atoms with Gasteiger partial charge in [-0.1, -0.05) is 55.1 Å². The van der Waals surface area contributed by atoms with Gasteiger partial charge in [0.05, 0.1) is 18.3 Å². The number of morpholine rings is 1. The third-order valence-electron chi connectivity index (χ3n) is 7.13. The van der Waals surface area contributed by atoms with E-state index in [1.54, 1.807) is 12.3 Å². The number of hydrogen-bond acceptors (Lipinski definition) is 7. The lowest BCUT2D eigenvalue weighted by Crippen LogP contribution is -2.39. The van der Waals surface area contributed by atoms with E-state index in [2.05, 4.69) is 82.6 Å². The molecule has 0 bridgehead atoms. The minimum Gasteiger partial charge on any atom is -0.377 e. The van der Waals surface area contributed by atoms with Crippen LogP contribution in [0.3, 0.4) is 0 Å². The van der Waals surface area contributed by atoms with Gasteiger partial charge in [-0.15, -0.1) is 0 Å². The summed E-state index contributed by atoms with van der Waals surface area (Å²) in [6, 6.07) is 21.3. The number of rotatable bonds is 7. The summed E-state index contributed by atoms with van der Waals surface area (Å²) in [7, 11) is 0. The Labute approximate surface area is 237 Å². The van der Waals surface area contributed by atoms with Crippen LogP contribution in [0.2, 0.25) is 0 Å². The van der Waals surface area contributed by atoms with E-state index < -0.39 is 0 Å². The first-order valence-corrected chi connectivity index (χ1v) is 15.1. The summed E-state index contributed by atoms with van der Waals surface area (Å²) in [4.78, 5) is 26.5. The molecular weight excluding hydrogens is 525 g/mol. The molecule has 6 rings (SSSR count). The Morgan fingerprint density at radius 1 is 1.10 bits per heavy atom. The fourth-order valence-corrected chi connectivity index (χ4v) is 7.59. The van der Waals surface area contributed by atoms with Gasteiger partial charge in [0, 0.05) is 62.5 Å². The Bertz CT molecular complexity index is 1520. The SMILES string of the molecule is CCCC(Nc1ccc2c(c1)Sc1cccc(C3CN(c4cc[nH]c(=O)c4)CCO3)c1S2)c1ccc(C)cn1. The molecule has 0 spiro atoms. The maximum Gasteiger partial charge on any atom is 0.249 e. The van der Waals surface area contributed by atoms with Crippen molar-refractivity contribution in [2.75, 3.05) is 29.9 Å². The third-order valence-corrected chi connectivity index (χ3v) is 9.74. The number of nitrogens with one attached hydrogen (secondary N) is 2. The molecule has 2 N–H and O–H groups in total. The van der Waals surface area contributed by atoms with Crippen molar-refractivity contribution in [1.82, 2.24) is 9.97 Å². The number of fused-ring (bicyclic) bond motifs is 2. The van der Waals surface area contributed by atoms with E-state index in [0.29, 0.717) is 13.2 Å². The first-order valence-electron chi connectivity index (χ1n) is 13.4. The summed E-state index contributed by atoms with van der Waals surface area (Å²) in [5.74, 6) is 0. The zero-order chi connectivity index (χ0) is 26.8. The Kier molecular flexibility index (Phi) is 7.68. The topological polar surface area (TPSA) is 70.2 Å². The average molecular weight is 557 g/mol. The third kappa shape index (κ3) is 5.73. The lowest BCUT2D eigenvalue weighted by molar-refractivity contribution is 0.0379. The molecule has 2 unspecified atom stereocenters. The molecule has 4 heterocycles. The number of H-pyrrole nitrogens is 1. The zero-order valence-electron chi connectivity index (χ0n) is 22.1. The van der Waals surface area contributed by atoms with Gasteiger partial charge in [0.15, 0.2) is 0 Å². The van der Waals surface area contributed by atoms with Crippen molar-refractivity contribution in [2.24, 2.45) is 0 Å². The van der Waals surface area contributed by atoms with E-state index in [-0.39, 0.29) is 17.7 Å². The van der Waals surface area contributed by atoms with Crippen molar-refractivity contribution >= 4 is 34.9 Å². The monoisotopic (exact) mass is 556 g/mol. The van der Waals surface area contributed by atoms with Crippen molar-refractivity contribution in [1.29, 1.82) is 0 Å². The van der Waals surface area contributed by atoms with Crippen molar-refractivity contribution in [2.45, 2.75) is 58.4 Å². The highest BCUT2D eigenvalue weighted by Crippen LogP contribution is 2.52. The summed E-state index contributed by atoms with van der Waals surface area (Å²) in [5, 5.41) is 3.74. The molecule has 8 heteroatoms. The number of benzene rings is 2. The van der Waals surface area contributed by atoms with Gasteiger partial charge in [0.25, 0.3) is 0 Å². The number of pyridine rings is 2. The van der Waals surface area contributed by atoms with E-state index in [4.69, 9.17) is 4.74 Å². The van der Waals surface area contributed by atoms with Gasteiger partial charge in [-0.25, -0.2) is 0 Å². The molecule has 1 saturated heterocycles. The fraction of sp³-hybridized carbons (Fsp3) is 0.290. The molecule has 2 aliphatic heterocycles. The maximum atomic E-state index is 11.9. The molecule has 39 heavy (non-hydrogen) atoms. The quantitative estimate of drug-likeness (QED) is 0.219. The van der Waals surface area contributed by atoms with Gasteiger partial charge in [-0.2, -0.15) is 0 Å². The molecule has 0 aliphatic carbocycles. The smallest absolute Gasteiger partial charge is 0.249 e. The summed E-state index contributed by atoms with van der Waals surface area (Å²) in [6.45, 7) is 6.40. The largest absolute Gasteiger partial charge is 0.377 e. The van der Waals surface area contributed by atoms with E-state index in [0.717, 1.165) is 36.5 Å². The predicted molar refractivity (Wildman–Crippen MR) is 159 cm³/mol. The highest BCUT2D eigenvalue weighted by Gasteiger charge is 2.28. The van der Waals surface area contributed by atoms with Crippen molar-refractivity contribution in [3.05, 3.63) is 100 Å². The lowest BCUT2D eigenvalue weighted by Gasteiger charge is -2.36. The van der Waals surface area contributed by atoms with Crippen molar-refractivity contribution < 1.29 is 4.74 Å². The molecule has 2 aromatic carbocycles. The van der Waals surface area contributed by atoms with Crippen LogP contribution in [0.1, 0.15) is 48.7 Å². The minimum atomic E-state index is -0.0822. The molecule has 2 aliphatic rings. The molecule has 4 aromatic rings. The molecule has 6 nitrogen and oxygen atoms in total. The van der Waals surface area contributed by atoms with Gasteiger partial charge < -0.3 is 19.9 Å². The Morgan fingerprint density at radius 3 is 2.85 bits per heavy atom. The zero-order valence-corrected chi connectivity index (χ0v) is 23.8. The standard InChI is InChI=1S/C31H32N4O2S2/c1-3-5-25(24-10-8-20(2)18-33-24)34-21-9-11-27-29(16-21)38-28-7-4-6-23(31(28)39-27)26-19-35(14-15-37-26)22-12-13-32-30(36)17-22/h4,6-13,16-18,25-26,34H,3,5,14-15,19H2,1-2H3,(H,32,36). The van der Waals surface area contributed by atoms with E-state index >= 15 is 0 Å². The number of hydrogen-bond donors (Lipinski definition) is 2. The molecule has 2 aromatic heterocycles. The second kappa shape index (κ2) is 11.5. The van der Waals surface area contributed by atoms with Crippen LogP contribution in [0.25, 0.3) is 0 Å². The molecule has 0 amide bonds. The number of aromatic nitrogens is 2. The van der Waals surface area contributed by atoms with Crippen LogP contribution >= 0.6 is 23.5 Å². The molecule has 0 saturated carbocycles. The second-order valence-corrected chi connectivity index (χ2v) is 12.1. The number of aryl methyl sites for hydroxylation is 1. The maximum absolute atomic E-state index is 11.9. The summed E-state index contributed by atoms with van der Waals surface area (Å²) >= 11 is 3.64. The second-order valence-electron chi connectivity index (χ2n) is 10.0. The normalized spacial score (nSPS) is 17.3. The minimum absolute atomic E-state index is 0.0552. The van der Waals surface area contributed by atoms with Gasteiger partial charge in [-0.3, -0.25) is 9.78 Å². The lowest BCUT2D eigenvalue weighted by atomic mass is 10.1. The van der Waals surface area contributed by atoms with Crippen LogP contribution < -0.4 is 15.8 Å². The predicted octanol–water partition coefficient (Wildman–Crippen LogP) is 7.23. The van der Waals surface area contributed by atoms with Gasteiger partial charge in [0.2, 0.25) is 5.56 Å². The highest BCUT2D eigenvalue weighted by molar-refractivity contribution is 8.05. The van der Waals surface area contributed by atoms with Crippen molar-refractivity contribution in [3.8, 4) is 0 Å². The van der Waals surface area contributed by atoms with E-state index in [9.17, 15) is 4.79 Å². The summed E-state index contributed by atoms with van der Waals surface area (Å²) in [5.41, 5.74) is 5.44. The van der Waals surface area contributed by atoms with Gasteiger partial charge in [-0.05, 0) is 60.9 Å². The van der Waals surface area contributed by atoms with Crippen LogP contribution in [0.4, 0.5) is 11.4 Å². The summed E-state index contributed by atoms with van der Waals surface area (Å²) < 4.78 is 6.27. The number of aromatic amines is 1. The fourth-order valence-electron chi connectivity index (χ4n) is 5.14. The van der Waals surface area contributed by atoms with Crippen LogP contribution in [0.5, 0.6) is 0 Å². The first-order chi connectivity index (χ1) is 19.1. The average Bonchev–Trinajstić information content (AvgIpc) is 2.96. The molecule has 0 radical (unpaired) electrons. The van der Waals surface area contributed by atoms with Gasteiger partial charge >= 0.3 is 0 Å². The molecule has 1 fully saturated rings. The van der Waals surface area contributed by atoms with Crippen molar-refractivity contribution in [3.63, 3.8) is 0 Å². The van der Waals surface area contributed by atoms with Crippen LogP contribution in [-0.2, 0) is 4.74 Å². The number of ether oxygens (including phenoxy) is 1. The number of anilines is 2. The molecular formula is C31H32N4O2S2. The summed E-state index contributed by atoms with van der Waals surface area (Å²) in [6.07, 6.45) is 5.71. The Morgan fingerprint density at radius 2 is 2.03 bits per heavy atom. The Balaban J connectivity index is 1.22. The highest BCUT2D eigenvalue weighted by atomic mass is 32.2. The van der Waals surface area contributed by atoms with E-state index in [1.165, 1.54) is 30.7 Å².